The van der Waals surface area contributed by atoms with Gasteiger partial charge in [0, 0.05) is 34.7 Å². The standard InChI is InChI=1S/C21H28Cl2N5O2PS/c1-12-18(24)21(11-30-12)6-8-28(9-7-21)15-10-26-20(19(25)27-15)32-14-5-4-13(31(2,3)29)16(22)17(14)23/h4-5,10,12,18H,6-9,11,24H2,1-3H3,(H2,25,27)/t12-,18+/m0/s1. The molecule has 174 valence electrons. The lowest BCUT2D eigenvalue weighted by Crippen LogP contribution is -2.50. The SMILES string of the molecule is C[C@@H]1OCC2(CCN(c3cnc(Sc4ccc(P(C)(C)=O)c(Cl)c4Cl)c(N)n3)CC2)[C@@H]1N. The minimum absolute atomic E-state index is 0.0494. The maximum absolute atomic E-state index is 12.4. The zero-order valence-electron chi connectivity index (χ0n) is 18.3. The molecule has 1 spiro atoms. The van der Waals surface area contributed by atoms with Crippen molar-refractivity contribution in [2.75, 3.05) is 43.7 Å². The predicted octanol–water partition coefficient (Wildman–Crippen LogP) is 4.10. The molecular formula is C21H28Cl2N5O2PS. The Morgan fingerprint density at radius 3 is 2.50 bits per heavy atom. The Bertz CT molecular complexity index is 1070. The lowest BCUT2D eigenvalue weighted by Gasteiger charge is -2.41. The van der Waals surface area contributed by atoms with E-state index >= 15 is 0 Å². The van der Waals surface area contributed by atoms with Crippen LogP contribution in [0.1, 0.15) is 19.8 Å². The molecule has 3 heterocycles. The average molecular weight is 516 g/mol. The van der Waals surface area contributed by atoms with Gasteiger partial charge in [-0.3, -0.25) is 0 Å². The third-order valence-corrected chi connectivity index (χ3v) is 10.2. The van der Waals surface area contributed by atoms with Crippen LogP contribution in [-0.2, 0) is 9.30 Å². The fourth-order valence-corrected chi connectivity index (χ4v) is 7.38. The number of nitrogens with two attached hydrogens (primary N) is 2. The van der Waals surface area contributed by atoms with Gasteiger partial charge >= 0.3 is 0 Å². The van der Waals surface area contributed by atoms with Gasteiger partial charge in [-0.15, -0.1) is 0 Å². The molecule has 4 N–H and O–H groups in total. The van der Waals surface area contributed by atoms with Crippen molar-refractivity contribution in [3.63, 3.8) is 0 Å². The van der Waals surface area contributed by atoms with Crippen molar-refractivity contribution in [1.29, 1.82) is 0 Å². The van der Waals surface area contributed by atoms with E-state index in [0.717, 1.165) is 38.4 Å². The fraction of sp³-hybridized carbons (Fsp3) is 0.524. The normalized spacial score (nSPS) is 23.1. The first kappa shape index (κ1) is 24.1. The van der Waals surface area contributed by atoms with Gasteiger partial charge in [-0.1, -0.05) is 35.0 Å². The van der Waals surface area contributed by atoms with Crippen molar-refractivity contribution < 1.29 is 9.30 Å². The van der Waals surface area contributed by atoms with Gasteiger partial charge in [0.25, 0.3) is 0 Å². The maximum Gasteiger partial charge on any atom is 0.158 e. The number of hydrogen-bond donors (Lipinski definition) is 2. The third-order valence-electron chi connectivity index (χ3n) is 6.49. The van der Waals surface area contributed by atoms with Crippen molar-refractivity contribution in [2.24, 2.45) is 11.1 Å². The van der Waals surface area contributed by atoms with Crippen LogP contribution >= 0.6 is 42.1 Å². The summed E-state index contributed by atoms with van der Waals surface area (Å²) in [6.45, 7) is 7.76. The van der Waals surface area contributed by atoms with Crippen LogP contribution in [0.4, 0.5) is 11.6 Å². The number of hydrogen-bond acceptors (Lipinski definition) is 8. The van der Waals surface area contributed by atoms with Gasteiger partial charge in [0.15, 0.2) is 5.82 Å². The van der Waals surface area contributed by atoms with Crippen LogP contribution in [0.3, 0.4) is 0 Å². The number of nitrogen functional groups attached to an aromatic ring is 1. The third kappa shape index (κ3) is 4.50. The van der Waals surface area contributed by atoms with Crippen LogP contribution in [0.2, 0.25) is 10.0 Å². The number of ether oxygens (including phenoxy) is 1. The van der Waals surface area contributed by atoms with E-state index in [1.807, 2.05) is 6.92 Å². The molecule has 2 aliphatic rings. The second kappa shape index (κ2) is 8.97. The minimum atomic E-state index is -2.53. The summed E-state index contributed by atoms with van der Waals surface area (Å²) in [6.07, 6.45) is 3.75. The number of piperidine rings is 1. The van der Waals surface area contributed by atoms with E-state index < -0.39 is 7.14 Å². The molecule has 0 radical (unpaired) electrons. The quantitative estimate of drug-likeness (QED) is 0.586. The van der Waals surface area contributed by atoms with Crippen LogP contribution in [0.5, 0.6) is 0 Å². The highest BCUT2D eigenvalue weighted by Gasteiger charge is 2.47. The molecule has 7 nitrogen and oxygen atoms in total. The van der Waals surface area contributed by atoms with E-state index in [4.69, 9.17) is 39.4 Å². The molecule has 11 heteroatoms. The lowest BCUT2D eigenvalue weighted by atomic mass is 9.73. The smallest absolute Gasteiger partial charge is 0.158 e. The first-order valence-electron chi connectivity index (χ1n) is 10.5. The summed E-state index contributed by atoms with van der Waals surface area (Å²) in [5, 5.41) is 1.75. The molecule has 4 rings (SSSR count). The Kier molecular flexibility index (Phi) is 6.76. The molecule has 0 saturated carbocycles. The van der Waals surface area contributed by atoms with E-state index in [9.17, 15) is 4.57 Å². The highest BCUT2D eigenvalue weighted by molar-refractivity contribution is 7.99. The molecule has 1 aromatic carbocycles. The minimum Gasteiger partial charge on any atom is -0.381 e. The molecule has 0 unspecified atom stereocenters. The molecule has 0 bridgehead atoms. The molecule has 2 aromatic rings. The number of aromatic nitrogens is 2. The zero-order valence-corrected chi connectivity index (χ0v) is 21.6. The molecule has 2 saturated heterocycles. The first-order valence-corrected chi connectivity index (χ1v) is 14.7. The van der Waals surface area contributed by atoms with Gasteiger partial charge in [0.05, 0.1) is 29.0 Å². The van der Waals surface area contributed by atoms with E-state index in [1.165, 1.54) is 11.8 Å². The molecule has 0 amide bonds. The molecule has 1 aromatic heterocycles. The number of halogens is 2. The van der Waals surface area contributed by atoms with Gasteiger partial charge in [0.1, 0.15) is 18.0 Å². The number of rotatable bonds is 4. The van der Waals surface area contributed by atoms with Crippen molar-refractivity contribution in [3.8, 4) is 0 Å². The van der Waals surface area contributed by atoms with Crippen molar-refractivity contribution in [1.82, 2.24) is 9.97 Å². The van der Waals surface area contributed by atoms with Gasteiger partial charge in [0.2, 0.25) is 0 Å². The summed E-state index contributed by atoms with van der Waals surface area (Å²) in [4.78, 5) is 12.0. The van der Waals surface area contributed by atoms with Gasteiger partial charge < -0.3 is 25.7 Å². The summed E-state index contributed by atoms with van der Waals surface area (Å²) in [6, 6.07) is 3.61. The summed E-state index contributed by atoms with van der Waals surface area (Å²) in [5.41, 5.74) is 12.7. The Morgan fingerprint density at radius 2 is 1.94 bits per heavy atom. The summed E-state index contributed by atoms with van der Waals surface area (Å²) in [7, 11) is -2.53. The van der Waals surface area contributed by atoms with Crippen LogP contribution < -0.4 is 21.7 Å². The number of benzene rings is 1. The van der Waals surface area contributed by atoms with Crippen molar-refractivity contribution in [2.45, 2.75) is 41.8 Å². The molecule has 0 aliphatic carbocycles. The molecular weight excluding hydrogens is 488 g/mol. The zero-order chi connectivity index (χ0) is 23.3. The van der Waals surface area contributed by atoms with Gasteiger partial charge in [-0.2, -0.15) is 0 Å². The van der Waals surface area contributed by atoms with Crippen LogP contribution in [0, 0.1) is 5.41 Å². The van der Waals surface area contributed by atoms with E-state index in [-0.39, 0.29) is 17.6 Å². The predicted molar refractivity (Wildman–Crippen MR) is 133 cm³/mol. The van der Waals surface area contributed by atoms with Crippen molar-refractivity contribution in [3.05, 3.63) is 28.4 Å². The highest BCUT2D eigenvalue weighted by atomic mass is 35.5. The molecule has 2 atom stereocenters. The van der Waals surface area contributed by atoms with E-state index in [0.29, 0.717) is 31.1 Å². The second-order valence-electron chi connectivity index (χ2n) is 8.97. The Morgan fingerprint density at radius 1 is 1.25 bits per heavy atom. The molecule has 32 heavy (non-hydrogen) atoms. The van der Waals surface area contributed by atoms with E-state index in [1.54, 1.807) is 31.7 Å². The topological polar surface area (TPSA) is 107 Å². The van der Waals surface area contributed by atoms with Crippen molar-refractivity contribution >= 4 is 59.0 Å². The van der Waals surface area contributed by atoms with Gasteiger partial charge in [-0.05, 0) is 45.2 Å². The number of anilines is 2. The Labute approximate surface area is 203 Å². The van der Waals surface area contributed by atoms with Crippen LogP contribution in [-0.4, -0.2) is 55.1 Å². The first-order chi connectivity index (χ1) is 15.0. The van der Waals surface area contributed by atoms with Gasteiger partial charge in [-0.25, -0.2) is 9.97 Å². The monoisotopic (exact) mass is 515 g/mol. The Hall–Kier alpha value is -1.02. The Balaban J connectivity index is 1.48. The maximum atomic E-state index is 12.4. The molecule has 2 aliphatic heterocycles. The fourth-order valence-electron chi connectivity index (χ4n) is 4.39. The van der Waals surface area contributed by atoms with Crippen LogP contribution in [0.25, 0.3) is 0 Å². The summed E-state index contributed by atoms with van der Waals surface area (Å²) >= 11 is 14.1. The summed E-state index contributed by atoms with van der Waals surface area (Å²) < 4.78 is 18.2. The van der Waals surface area contributed by atoms with E-state index in [2.05, 4.69) is 14.9 Å². The number of nitrogens with zero attached hydrogens (tertiary/aromatic N) is 3. The summed E-state index contributed by atoms with van der Waals surface area (Å²) in [5.74, 6) is 1.08. The highest BCUT2D eigenvalue weighted by Crippen LogP contribution is 2.45. The molecule has 2 fully saturated rings. The largest absolute Gasteiger partial charge is 0.381 e. The van der Waals surface area contributed by atoms with Crippen LogP contribution in [0.15, 0.2) is 28.3 Å². The lowest BCUT2D eigenvalue weighted by molar-refractivity contribution is 0.0974. The average Bonchev–Trinajstić information content (AvgIpc) is 3.01. The second-order valence-corrected chi connectivity index (χ2v) is 13.9.